The first-order chi connectivity index (χ1) is 18.5. The molecule has 2 aliphatic heterocycles. The van der Waals surface area contributed by atoms with Gasteiger partial charge in [-0.2, -0.15) is 0 Å². The molecule has 0 radical (unpaired) electrons. The van der Waals surface area contributed by atoms with Crippen LogP contribution in [0.3, 0.4) is 0 Å². The molecule has 0 aromatic heterocycles. The van der Waals surface area contributed by atoms with Gasteiger partial charge in [0, 0.05) is 31.7 Å². The number of amides is 1. The van der Waals surface area contributed by atoms with E-state index in [9.17, 15) is 4.79 Å². The lowest BCUT2D eigenvalue weighted by molar-refractivity contribution is -0.126. The number of hydrogen-bond donors (Lipinski definition) is 2. The van der Waals surface area contributed by atoms with E-state index in [1.54, 1.807) is 0 Å². The van der Waals surface area contributed by atoms with Crippen LogP contribution in [-0.2, 0) is 24.4 Å². The maximum atomic E-state index is 13.1. The van der Waals surface area contributed by atoms with E-state index in [4.69, 9.17) is 14.2 Å². The molecule has 1 amide bonds. The molecule has 2 aliphatic rings. The van der Waals surface area contributed by atoms with Gasteiger partial charge in [-0.1, -0.05) is 48.5 Å². The SMILES string of the molecule is CC(C)N1C[C@@H](NCc2ccc(OCc3ccccc3)cc2)C[C@H]1C(=O)NCCc1ccc2c(c1)OCO2. The number of likely N-dealkylation sites (tertiary alicyclic amines) is 1. The van der Waals surface area contributed by atoms with Crippen molar-refractivity contribution in [3.05, 3.63) is 89.5 Å². The Labute approximate surface area is 225 Å². The largest absolute Gasteiger partial charge is 0.489 e. The number of nitrogens with zero attached hydrogens (tertiary/aromatic N) is 1. The van der Waals surface area contributed by atoms with Crippen molar-refractivity contribution in [2.75, 3.05) is 19.9 Å². The first-order valence-corrected chi connectivity index (χ1v) is 13.5. The lowest BCUT2D eigenvalue weighted by Crippen LogP contribution is -2.46. The number of carbonyl (C=O) groups excluding carboxylic acids is 1. The molecule has 0 unspecified atom stereocenters. The average molecular weight is 516 g/mol. The van der Waals surface area contributed by atoms with Crippen LogP contribution in [0.5, 0.6) is 17.2 Å². The highest BCUT2D eigenvalue weighted by molar-refractivity contribution is 5.82. The molecule has 0 saturated carbocycles. The number of benzene rings is 3. The smallest absolute Gasteiger partial charge is 0.237 e. The van der Waals surface area contributed by atoms with Gasteiger partial charge in [-0.25, -0.2) is 0 Å². The first kappa shape index (κ1) is 26.1. The van der Waals surface area contributed by atoms with Crippen LogP contribution in [0.25, 0.3) is 0 Å². The molecule has 0 aliphatic carbocycles. The second-order valence-corrected chi connectivity index (χ2v) is 10.3. The van der Waals surface area contributed by atoms with E-state index >= 15 is 0 Å². The van der Waals surface area contributed by atoms with Crippen LogP contribution in [0.1, 0.15) is 37.0 Å². The standard InChI is InChI=1S/C31H37N3O4/c1-22(2)34-19-26(33-18-24-8-11-27(12-9-24)36-20-25-6-4-3-5-7-25)17-28(34)31(35)32-15-14-23-10-13-29-30(16-23)38-21-37-29/h3-13,16,22,26,28,33H,14-15,17-21H2,1-2H3,(H,32,35)/t26-,28-/m0/s1. The predicted molar refractivity (Wildman–Crippen MR) is 147 cm³/mol. The zero-order chi connectivity index (χ0) is 26.3. The Kier molecular flexibility index (Phi) is 8.46. The Morgan fingerprint density at radius 1 is 0.974 bits per heavy atom. The minimum absolute atomic E-state index is 0.101. The Morgan fingerprint density at radius 3 is 2.53 bits per heavy atom. The molecule has 7 nitrogen and oxygen atoms in total. The van der Waals surface area contributed by atoms with Crippen LogP contribution in [0.15, 0.2) is 72.8 Å². The van der Waals surface area contributed by atoms with E-state index in [1.165, 1.54) is 5.56 Å². The summed E-state index contributed by atoms with van der Waals surface area (Å²) in [7, 11) is 0. The van der Waals surface area contributed by atoms with E-state index < -0.39 is 0 Å². The Balaban J connectivity index is 1.08. The fourth-order valence-electron chi connectivity index (χ4n) is 5.09. The van der Waals surface area contributed by atoms with E-state index in [-0.39, 0.29) is 24.8 Å². The maximum absolute atomic E-state index is 13.1. The molecule has 200 valence electrons. The zero-order valence-electron chi connectivity index (χ0n) is 22.2. The van der Waals surface area contributed by atoms with Gasteiger partial charge in [0.05, 0.1) is 6.04 Å². The molecule has 1 saturated heterocycles. The molecule has 2 atom stereocenters. The van der Waals surface area contributed by atoms with Crippen LogP contribution in [-0.4, -0.2) is 48.8 Å². The van der Waals surface area contributed by atoms with E-state index in [0.717, 1.165) is 54.3 Å². The van der Waals surface area contributed by atoms with Crippen molar-refractivity contribution < 1.29 is 19.0 Å². The summed E-state index contributed by atoms with van der Waals surface area (Å²) in [5, 5.41) is 6.82. The van der Waals surface area contributed by atoms with Crippen molar-refractivity contribution in [3.63, 3.8) is 0 Å². The van der Waals surface area contributed by atoms with Crippen molar-refractivity contribution in [2.24, 2.45) is 0 Å². The Bertz CT molecular complexity index is 1200. The van der Waals surface area contributed by atoms with Crippen LogP contribution in [0.4, 0.5) is 0 Å². The van der Waals surface area contributed by atoms with Gasteiger partial charge < -0.3 is 24.8 Å². The van der Waals surface area contributed by atoms with Crippen molar-refractivity contribution >= 4 is 5.91 Å². The molecule has 7 heteroatoms. The minimum atomic E-state index is -0.127. The number of carbonyl (C=O) groups is 1. The Morgan fingerprint density at radius 2 is 1.74 bits per heavy atom. The molecule has 0 spiro atoms. The molecule has 1 fully saturated rings. The van der Waals surface area contributed by atoms with Crippen molar-refractivity contribution in [1.29, 1.82) is 0 Å². The fraction of sp³-hybridized carbons (Fsp3) is 0.387. The minimum Gasteiger partial charge on any atom is -0.489 e. The lowest BCUT2D eigenvalue weighted by Gasteiger charge is -2.27. The highest BCUT2D eigenvalue weighted by Gasteiger charge is 2.37. The number of nitrogens with one attached hydrogen (secondary N) is 2. The number of fused-ring (bicyclic) bond motifs is 1. The average Bonchev–Trinajstić information content (AvgIpc) is 3.59. The summed E-state index contributed by atoms with van der Waals surface area (Å²) in [5.74, 6) is 2.52. The first-order valence-electron chi connectivity index (χ1n) is 13.5. The molecule has 3 aromatic rings. The van der Waals surface area contributed by atoms with Gasteiger partial charge in [0.15, 0.2) is 11.5 Å². The molecule has 0 bridgehead atoms. The maximum Gasteiger partial charge on any atom is 0.237 e. The number of rotatable bonds is 11. The number of ether oxygens (including phenoxy) is 3. The van der Waals surface area contributed by atoms with Crippen molar-refractivity contribution in [3.8, 4) is 17.2 Å². The van der Waals surface area contributed by atoms with Crippen molar-refractivity contribution in [1.82, 2.24) is 15.5 Å². The van der Waals surface area contributed by atoms with Crippen LogP contribution in [0.2, 0.25) is 0 Å². The van der Waals surface area contributed by atoms with E-state index in [0.29, 0.717) is 19.2 Å². The highest BCUT2D eigenvalue weighted by atomic mass is 16.7. The van der Waals surface area contributed by atoms with Crippen molar-refractivity contribution in [2.45, 2.75) is 58.0 Å². The second kappa shape index (κ2) is 12.3. The van der Waals surface area contributed by atoms with Gasteiger partial charge in [-0.05, 0) is 67.6 Å². The van der Waals surface area contributed by atoms with E-state index in [1.807, 2.05) is 48.5 Å². The molecule has 38 heavy (non-hydrogen) atoms. The summed E-state index contributed by atoms with van der Waals surface area (Å²) in [6.45, 7) is 7.35. The van der Waals surface area contributed by atoms with E-state index in [2.05, 4.69) is 53.6 Å². The van der Waals surface area contributed by atoms with Gasteiger partial charge in [0.25, 0.3) is 0 Å². The quantitative estimate of drug-likeness (QED) is 0.397. The third kappa shape index (κ3) is 6.65. The monoisotopic (exact) mass is 515 g/mol. The van der Waals surface area contributed by atoms with Gasteiger partial charge >= 0.3 is 0 Å². The third-order valence-electron chi connectivity index (χ3n) is 7.22. The summed E-state index contributed by atoms with van der Waals surface area (Å²) < 4.78 is 16.7. The highest BCUT2D eigenvalue weighted by Crippen LogP contribution is 2.32. The van der Waals surface area contributed by atoms with Gasteiger partial charge in [-0.15, -0.1) is 0 Å². The molecule has 2 heterocycles. The van der Waals surface area contributed by atoms with Crippen LogP contribution < -0.4 is 24.8 Å². The normalized spacial score (nSPS) is 18.6. The van der Waals surface area contributed by atoms with Crippen LogP contribution in [0, 0.1) is 0 Å². The van der Waals surface area contributed by atoms with Gasteiger partial charge in [0.2, 0.25) is 12.7 Å². The van der Waals surface area contributed by atoms with Crippen LogP contribution >= 0.6 is 0 Å². The topological polar surface area (TPSA) is 72.1 Å². The summed E-state index contributed by atoms with van der Waals surface area (Å²) in [6, 6.07) is 24.8. The molecular weight excluding hydrogens is 478 g/mol. The summed E-state index contributed by atoms with van der Waals surface area (Å²) in [6.07, 6.45) is 1.55. The zero-order valence-corrected chi connectivity index (χ0v) is 22.2. The second-order valence-electron chi connectivity index (χ2n) is 10.3. The lowest BCUT2D eigenvalue weighted by atomic mass is 10.1. The molecular formula is C31H37N3O4. The summed E-state index contributed by atoms with van der Waals surface area (Å²) >= 11 is 0. The fourth-order valence-corrected chi connectivity index (χ4v) is 5.09. The van der Waals surface area contributed by atoms with Gasteiger partial charge in [-0.3, -0.25) is 9.69 Å². The number of hydrogen-bond acceptors (Lipinski definition) is 6. The molecule has 2 N–H and O–H groups in total. The summed E-state index contributed by atoms with van der Waals surface area (Å²) in [4.78, 5) is 15.4. The Hall–Kier alpha value is -3.55. The predicted octanol–water partition coefficient (Wildman–Crippen LogP) is 4.29. The van der Waals surface area contributed by atoms with Gasteiger partial charge in [0.1, 0.15) is 12.4 Å². The summed E-state index contributed by atoms with van der Waals surface area (Å²) in [5.41, 5.74) is 3.48. The third-order valence-corrected chi connectivity index (χ3v) is 7.22. The molecule has 3 aromatic carbocycles. The molecule has 5 rings (SSSR count).